The van der Waals surface area contributed by atoms with Gasteiger partial charge in [0, 0.05) is 6.54 Å². The lowest BCUT2D eigenvalue weighted by atomic mass is 10.2. The smallest absolute Gasteiger partial charge is 0.116 e. The largest absolute Gasteiger partial charge is 0.334 e. The number of nitrogens with one attached hydrogen (secondary N) is 1. The monoisotopic (exact) mass is 193 g/mol. The second-order valence-corrected chi connectivity index (χ2v) is 9.44. The SMILES string of the molecule is Cc1ccc(CN[Si](C)(C)C)cc1. The van der Waals surface area contributed by atoms with E-state index < -0.39 is 8.24 Å². The van der Waals surface area contributed by atoms with Crippen molar-refractivity contribution >= 4 is 8.24 Å². The fourth-order valence-electron chi connectivity index (χ4n) is 1.07. The molecule has 0 aliphatic heterocycles. The van der Waals surface area contributed by atoms with Crippen LogP contribution in [0.25, 0.3) is 0 Å². The molecule has 0 aromatic heterocycles. The van der Waals surface area contributed by atoms with Crippen LogP contribution in [0.1, 0.15) is 11.1 Å². The lowest BCUT2D eigenvalue weighted by Crippen LogP contribution is -2.40. The zero-order valence-corrected chi connectivity index (χ0v) is 10.0. The molecule has 1 nitrogen and oxygen atoms in total. The topological polar surface area (TPSA) is 12.0 Å². The summed E-state index contributed by atoms with van der Waals surface area (Å²) in [5.41, 5.74) is 2.71. The van der Waals surface area contributed by atoms with Gasteiger partial charge in [0.15, 0.2) is 0 Å². The van der Waals surface area contributed by atoms with Crippen molar-refractivity contribution in [2.45, 2.75) is 33.1 Å². The third-order valence-corrected chi connectivity index (χ3v) is 3.18. The molecule has 0 amide bonds. The summed E-state index contributed by atoms with van der Waals surface area (Å²) in [5, 5.41) is 0. The molecule has 0 fully saturated rings. The van der Waals surface area contributed by atoms with Crippen LogP contribution in [-0.4, -0.2) is 8.24 Å². The molecular formula is C11H19NSi. The van der Waals surface area contributed by atoms with E-state index in [1.54, 1.807) is 0 Å². The van der Waals surface area contributed by atoms with Crippen molar-refractivity contribution in [2.75, 3.05) is 0 Å². The molecule has 2 heteroatoms. The van der Waals surface area contributed by atoms with E-state index >= 15 is 0 Å². The average Bonchev–Trinajstić information content (AvgIpc) is 2.02. The molecule has 1 aromatic rings. The van der Waals surface area contributed by atoms with Crippen molar-refractivity contribution in [1.29, 1.82) is 0 Å². The Morgan fingerprint density at radius 3 is 2.08 bits per heavy atom. The van der Waals surface area contributed by atoms with Gasteiger partial charge >= 0.3 is 0 Å². The number of hydrogen-bond acceptors (Lipinski definition) is 1. The Bertz CT molecular complexity index is 258. The van der Waals surface area contributed by atoms with Gasteiger partial charge in [0.1, 0.15) is 8.24 Å². The highest BCUT2D eigenvalue weighted by Crippen LogP contribution is 2.04. The van der Waals surface area contributed by atoms with Crippen molar-refractivity contribution in [3.8, 4) is 0 Å². The van der Waals surface area contributed by atoms with Crippen molar-refractivity contribution in [3.63, 3.8) is 0 Å². The molecule has 0 spiro atoms. The third kappa shape index (κ3) is 4.25. The molecule has 0 radical (unpaired) electrons. The minimum absolute atomic E-state index is 1.01. The van der Waals surface area contributed by atoms with Crippen LogP contribution in [0.4, 0.5) is 0 Å². The Hall–Kier alpha value is -0.603. The quantitative estimate of drug-likeness (QED) is 0.728. The predicted molar refractivity (Wildman–Crippen MR) is 61.4 cm³/mol. The van der Waals surface area contributed by atoms with Gasteiger partial charge in [-0.1, -0.05) is 49.5 Å². The number of benzene rings is 1. The summed E-state index contributed by atoms with van der Waals surface area (Å²) in [5.74, 6) is 0. The first-order valence-electron chi connectivity index (χ1n) is 4.78. The molecule has 0 bridgehead atoms. The summed E-state index contributed by atoms with van der Waals surface area (Å²) in [6, 6.07) is 8.73. The zero-order chi connectivity index (χ0) is 9.90. The highest BCUT2D eigenvalue weighted by atomic mass is 28.3. The molecule has 1 aromatic carbocycles. The zero-order valence-electron chi connectivity index (χ0n) is 9.02. The van der Waals surface area contributed by atoms with Gasteiger partial charge in [0.25, 0.3) is 0 Å². The Balaban J connectivity index is 2.51. The minimum Gasteiger partial charge on any atom is -0.334 e. The van der Waals surface area contributed by atoms with Gasteiger partial charge in [-0.3, -0.25) is 0 Å². The summed E-state index contributed by atoms with van der Waals surface area (Å²) in [4.78, 5) is 3.60. The molecular weight excluding hydrogens is 174 g/mol. The Morgan fingerprint density at radius 1 is 1.08 bits per heavy atom. The Labute approximate surface area is 82.3 Å². The number of rotatable bonds is 3. The summed E-state index contributed by atoms with van der Waals surface area (Å²) in [7, 11) is -1.10. The first kappa shape index (κ1) is 10.5. The summed E-state index contributed by atoms with van der Waals surface area (Å²) in [6.45, 7) is 10.1. The lowest BCUT2D eigenvalue weighted by Gasteiger charge is -2.17. The summed E-state index contributed by atoms with van der Waals surface area (Å²) < 4.78 is 0. The van der Waals surface area contributed by atoms with Gasteiger partial charge in [-0.15, -0.1) is 0 Å². The number of aryl methyl sites for hydroxylation is 1. The van der Waals surface area contributed by atoms with E-state index in [2.05, 4.69) is 55.8 Å². The molecule has 13 heavy (non-hydrogen) atoms. The second kappa shape index (κ2) is 4.07. The molecule has 0 aliphatic carbocycles. The normalized spacial score (nSPS) is 11.7. The summed E-state index contributed by atoms with van der Waals surface area (Å²) >= 11 is 0. The molecule has 0 saturated carbocycles. The van der Waals surface area contributed by atoms with E-state index in [-0.39, 0.29) is 0 Å². The van der Waals surface area contributed by atoms with Gasteiger partial charge in [0.2, 0.25) is 0 Å². The van der Waals surface area contributed by atoms with Crippen LogP contribution in [0.2, 0.25) is 19.6 Å². The third-order valence-electron chi connectivity index (χ3n) is 1.94. The Kier molecular flexibility index (Phi) is 3.28. The van der Waals surface area contributed by atoms with Crippen LogP contribution in [0.5, 0.6) is 0 Å². The lowest BCUT2D eigenvalue weighted by molar-refractivity contribution is 0.914. The van der Waals surface area contributed by atoms with Crippen LogP contribution in [-0.2, 0) is 6.54 Å². The average molecular weight is 193 g/mol. The molecule has 0 atom stereocenters. The van der Waals surface area contributed by atoms with Crippen LogP contribution in [0.15, 0.2) is 24.3 Å². The van der Waals surface area contributed by atoms with Crippen LogP contribution in [0.3, 0.4) is 0 Å². The molecule has 0 heterocycles. The highest BCUT2D eigenvalue weighted by Gasteiger charge is 2.11. The van der Waals surface area contributed by atoms with Gasteiger partial charge in [-0.25, -0.2) is 0 Å². The first-order valence-corrected chi connectivity index (χ1v) is 8.28. The summed E-state index contributed by atoms with van der Waals surface area (Å²) in [6.07, 6.45) is 0. The molecule has 72 valence electrons. The Morgan fingerprint density at radius 2 is 1.62 bits per heavy atom. The molecule has 0 saturated heterocycles. The van der Waals surface area contributed by atoms with Gasteiger partial charge in [-0.05, 0) is 12.5 Å². The van der Waals surface area contributed by atoms with E-state index in [1.165, 1.54) is 11.1 Å². The van der Waals surface area contributed by atoms with Crippen LogP contribution in [0, 0.1) is 6.92 Å². The number of hydrogen-bond donors (Lipinski definition) is 1. The van der Waals surface area contributed by atoms with Crippen molar-refractivity contribution in [2.24, 2.45) is 0 Å². The maximum Gasteiger partial charge on any atom is 0.116 e. The first-order chi connectivity index (χ1) is 5.97. The van der Waals surface area contributed by atoms with E-state index in [4.69, 9.17) is 0 Å². The van der Waals surface area contributed by atoms with Crippen LogP contribution < -0.4 is 4.98 Å². The predicted octanol–water partition coefficient (Wildman–Crippen LogP) is 2.92. The van der Waals surface area contributed by atoms with E-state index in [1.807, 2.05) is 0 Å². The molecule has 1 N–H and O–H groups in total. The standard InChI is InChI=1S/C11H19NSi/c1-10-5-7-11(8-6-10)9-12-13(2,3)4/h5-8,12H,9H2,1-4H3. The maximum atomic E-state index is 3.60. The van der Waals surface area contributed by atoms with E-state index in [9.17, 15) is 0 Å². The molecule has 1 rings (SSSR count). The van der Waals surface area contributed by atoms with Gasteiger partial charge in [0.05, 0.1) is 0 Å². The van der Waals surface area contributed by atoms with E-state index in [0.29, 0.717) is 0 Å². The van der Waals surface area contributed by atoms with Crippen molar-refractivity contribution in [1.82, 2.24) is 4.98 Å². The molecule has 0 aliphatic rings. The second-order valence-electron chi connectivity index (χ2n) is 4.59. The van der Waals surface area contributed by atoms with Gasteiger partial charge in [-0.2, -0.15) is 0 Å². The maximum absolute atomic E-state index is 3.60. The fourth-order valence-corrected chi connectivity index (χ4v) is 1.81. The van der Waals surface area contributed by atoms with Gasteiger partial charge < -0.3 is 4.98 Å². The van der Waals surface area contributed by atoms with E-state index in [0.717, 1.165) is 6.54 Å². The fraction of sp³-hybridized carbons (Fsp3) is 0.455. The van der Waals surface area contributed by atoms with Crippen molar-refractivity contribution < 1.29 is 0 Å². The van der Waals surface area contributed by atoms with Crippen molar-refractivity contribution in [3.05, 3.63) is 35.4 Å². The molecule has 0 unspecified atom stereocenters. The minimum atomic E-state index is -1.10. The van der Waals surface area contributed by atoms with Crippen LogP contribution >= 0.6 is 0 Å². The highest BCUT2D eigenvalue weighted by molar-refractivity contribution is 6.73.